The summed E-state index contributed by atoms with van der Waals surface area (Å²) in [6.45, 7) is 3.88. The SMILES string of the molecule is CCNC(=NCc1cccc(COC)c1)NCc1cc(F)ccc1CS(C)(=O)=O.I. The minimum atomic E-state index is -3.22. The van der Waals surface area contributed by atoms with Crippen molar-refractivity contribution in [3.63, 3.8) is 0 Å². The topological polar surface area (TPSA) is 79.8 Å². The van der Waals surface area contributed by atoms with E-state index in [2.05, 4.69) is 15.6 Å². The van der Waals surface area contributed by atoms with Crippen molar-refractivity contribution in [1.29, 1.82) is 0 Å². The van der Waals surface area contributed by atoms with Crippen molar-refractivity contribution in [2.45, 2.75) is 32.4 Å². The molecule has 0 spiro atoms. The van der Waals surface area contributed by atoms with Crippen LogP contribution in [0.25, 0.3) is 0 Å². The highest BCUT2D eigenvalue weighted by Gasteiger charge is 2.11. The molecule has 0 aliphatic carbocycles. The van der Waals surface area contributed by atoms with Gasteiger partial charge in [0.1, 0.15) is 5.82 Å². The Labute approximate surface area is 195 Å². The quantitative estimate of drug-likeness (QED) is 0.285. The summed E-state index contributed by atoms with van der Waals surface area (Å²) in [5.41, 5.74) is 3.27. The summed E-state index contributed by atoms with van der Waals surface area (Å²) in [4.78, 5) is 4.57. The highest BCUT2D eigenvalue weighted by Crippen LogP contribution is 2.14. The first-order valence-electron chi connectivity index (χ1n) is 9.34. The third kappa shape index (κ3) is 9.40. The summed E-state index contributed by atoms with van der Waals surface area (Å²) >= 11 is 0. The molecule has 166 valence electrons. The third-order valence-corrected chi connectivity index (χ3v) is 4.93. The molecule has 0 atom stereocenters. The van der Waals surface area contributed by atoms with Gasteiger partial charge in [-0.25, -0.2) is 17.8 Å². The second-order valence-electron chi connectivity index (χ2n) is 6.78. The summed E-state index contributed by atoms with van der Waals surface area (Å²) in [5, 5.41) is 6.30. The Morgan fingerprint density at radius 2 is 1.83 bits per heavy atom. The van der Waals surface area contributed by atoms with Gasteiger partial charge in [-0.2, -0.15) is 0 Å². The molecule has 2 rings (SSSR count). The van der Waals surface area contributed by atoms with Gasteiger partial charge in [-0.1, -0.05) is 30.3 Å². The first kappa shape index (κ1) is 26.3. The van der Waals surface area contributed by atoms with Crippen LogP contribution in [0.4, 0.5) is 4.39 Å². The Bertz CT molecular complexity index is 952. The van der Waals surface area contributed by atoms with Gasteiger partial charge in [0.25, 0.3) is 0 Å². The molecule has 0 unspecified atom stereocenters. The molecule has 2 aromatic rings. The zero-order valence-electron chi connectivity index (χ0n) is 17.4. The summed E-state index contributed by atoms with van der Waals surface area (Å²) in [6, 6.07) is 12.1. The van der Waals surface area contributed by atoms with Crippen LogP contribution in [-0.2, 0) is 40.0 Å². The molecule has 6 nitrogen and oxygen atoms in total. The standard InChI is InChI=1S/C21H28FN3O3S.HI/c1-4-23-21(24-12-16-6-5-7-17(10-16)14-28-2)25-13-19-11-20(22)9-8-18(19)15-29(3,26)27;/h5-11H,4,12-15H2,1-3H3,(H2,23,24,25);1H. The van der Waals surface area contributed by atoms with Crippen LogP contribution in [0.1, 0.15) is 29.2 Å². The van der Waals surface area contributed by atoms with Gasteiger partial charge in [0, 0.05) is 26.5 Å². The van der Waals surface area contributed by atoms with E-state index in [1.807, 2.05) is 31.2 Å². The molecule has 0 saturated heterocycles. The average molecular weight is 549 g/mol. The van der Waals surface area contributed by atoms with Gasteiger partial charge < -0.3 is 15.4 Å². The molecule has 0 aromatic heterocycles. The number of nitrogens with one attached hydrogen (secondary N) is 2. The molecule has 0 aliphatic rings. The van der Waals surface area contributed by atoms with Crippen molar-refractivity contribution in [2.75, 3.05) is 19.9 Å². The Morgan fingerprint density at radius 3 is 2.50 bits per heavy atom. The average Bonchev–Trinajstić information content (AvgIpc) is 2.65. The lowest BCUT2D eigenvalue weighted by atomic mass is 10.1. The molecule has 0 aliphatic heterocycles. The second kappa shape index (κ2) is 12.9. The number of rotatable bonds is 9. The van der Waals surface area contributed by atoms with E-state index in [9.17, 15) is 12.8 Å². The summed E-state index contributed by atoms with van der Waals surface area (Å²) < 4.78 is 42.2. The number of sulfone groups is 1. The molecule has 0 fully saturated rings. The normalized spacial score (nSPS) is 11.7. The van der Waals surface area contributed by atoms with Gasteiger partial charge in [0.15, 0.2) is 15.8 Å². The van der Waals surface area contributed by atoms with Gasteiger partial charge in [-0.3, -0.25) is 0 Å². The van der Waals surface area contributed by atoms with Crippen LogP contribution < -0.4 is 10.6 Å². The Kier molecular flexibility index (Phi) is 11.3. The lowest BCUT2D eigenvalue weighted by Gasteiger charge is -2.14. The predicted molar refractivity (Wildman–Crippen MR) is 129 cm³/mol. The molecule has 9 heteroatoms. The van der Waals surface area contributed by atoms with Gasteiger partial charge >= 0.3 is 0 Å². The molecular weight excluding hydrogens is 520 g/mol. The number of guanidine groups is 1. The van der Waals surface area contributed by atoms with E-state index in [0.29, 0.717) is 36.8 Å². The first-order valence-corrected chi connectivity index (χ1v) is 11.4. The molecular formula is C21H29FIN3O3S. The molecule has 0 bridgehead atoms. The van der Waals surface area contributed by atoms with E-state index in [1.54, 1.807) is 7.11 Å². The van der Waals surface area contributed by atoms with E-state index in [-0.39, 0.29) is 36.3 Å². The molecule has 2 N–H and O–H groups in total. The first-order chi connectivity index (χ1) is 13.8. The zero-order valence-corrected chi connectivity index (χ0v) is 20.6. The van der Waals surface area contributed by atoms with Crippen molar-refractivity contribution < 1.29 is 17.5 Å². The highest BCUT2D eigenvalue weighted by molar-refractivity contribution is 14.0. The molecule has 0 saturated carbocycles. The van der Waals surface area contributed by atoms with Crippen LogP contribution in [0, 0.1) is 5.82 Å². The minimum absolute atomic E-state index is 0. The number of methoxy groups -OCH3 is 1. The summed E-state index contributed by atoms with van der Waals surface area (Å²) in [5.74, 6) is 0.0275. The smallest absolute Gasteiger partial charge is 0.191 e. The number of hydrogen-bond acceptors (Lipinski definition) is 4. The Morgan fingerprint density at radius 1 is 1.10 bits per heavy atom. The Hall–Kier alpha value is -1.72. The van der Waals surface area contributed by atoms with Crippen LogP contribution in [0.2, 0.25) is 0 Å². The maximum Gasteiger partial charge on any atom is 0.191 e. The van der Waals surface area contributed by atoms with E-state index in [0.717, 1.165) is 17.4 Å². The fraction of sp³-hybridized carbons (Fsp3) is 0.381. The highest BCUT2D eigenvalue weighted by atomic mass is 127. The number of aliphatic imine (C=N–C) groups is 1. The molecule has 0 radical (unpaired) electrons. The van der Waals surface area contributed by atoms with E-state index in [1.165, 1.54) is 18.2 Å². The van der Waals surface area contributed by atoms with Crippen LogP contribution in [0.5, 0.6) is 0 Å². The van der Waals surface area contributed by atoms with Crippen LogP contribution in [0.3, 0.4) is 0 Å². The molecule has 0 amide bonds. The fourth-order valence-electron chi connectivity index (χ4n) is 2.86. The number of hydrogen-bond donors (Lipinski definition) is 2. The fourth-order valence-corrected chi connectivity index (χ4v) is 3.70. The van der Waals surface area contributed by atoms with Crippen LogP contribution in [0.15, 0.2) is 47.5 Å². The van der Waals surface area contributed by atoms with Crippen molar-refractivity contribution in [1.82, 2.24) is 10.6 Å². The van der Waals surface area contributed by atoms with E-state index < -0.39 is 15.7 Å². The predicted octanol–water partition coefficient (Wildman–Crippen LogP) is 3.39. The van der Waals surface area contributed by atoms with Gasteiger partial charge in [0.2, 0.25) is 0 Å². The summed E-state index contributed by atoms with van der Waals surface area (Å²) in [6.07, 6.45) is 1.16. The molecule has 2 aromatic carbocycles. The van der Waals surface area contributed by atoms with Crippen molar-refractivity contribution in [3.8, 4) is 0 Å². The van der Waals surface area contributed by atoms with E-state index in [4.69, 9.17) is 4.74 Å². The van der Waals surface area contributed by atoms with Gasteiger partial charge in [-0.15, -0.1) is 24.0 Å². The molecule has 0 heterocycles. The van der Waals surface area contributed by atoms with E-state index >= 15 is 0 Å². The second-order valence-corrected chi connectivity index (χ2v) is 8.92. The number of benzene rings is 2. The van der Waals surface area contributed by atoms with Crippen LogP contribution >= 0.6 is 24.0 Å². The molecule has 30 heavy (non-hydrogen) atoms. The van der Waals surface area contributed by atoms with Crippen molar-refractivity contribution in [3.05, 3.63) is 70.5 Å². The third-order valence-electron chi connectivity index (χ3n) is 4.10. The lowest BCUT2D eigenvalue weighted by molar-refractivity contribution is 0.185. The van der Waals surface area contributed by atoms with Crippen molar-refractivity contribution >= 4 is 39.8 Å². The van der Waals surface area contributed by atoms with Gasteiger partial charge in [0.05, 0.1) is 18.9 Å². The van der Waals surface area contributed by atoms with Crippen LogP contribution in [-0.4, -0.2) is 34.3 Å². The zero-order chi connectivity index (χ0) is 21.3. The minimum Gasteiger partial charge on any atom is -0.380 e. The largest absolute Gasteiger partial charge is 0.380 e. The number of ether oxygens (including phenoxy) is 1. The lowest BCUT2D eigenvalue weighted by Crippen LogP contribution is -2.37. The maximum atomic E-state index is 13.7. The van der Waals surface area contributed by atoms with Gasteiger partial charge in [-0.05, 0) is 41.3 Å². The monoisotopic (exact) mass is 549 g/mol. The Balaban J connectivity index is 0.00000450. The maximum absolute atomic E-state index is 13.7. The number of halogens is 2. The number of nitrogens with zero attached hydrogens (tertiary/aromatic N) is 1. The van der Waals surface area contributed by atoms with Crippen molar-refractivity contribution in [2.24, 2.45) is 4.99 Å². The summed E-state index contributed by atoms with van der Waals surface area (Å²) in [7, 11) is -1.57.